The van der Waals surface area contributed by atoms with Gasteiger partial charge in [-0.2, -0.15) is 0 Å². The fourth-order valence-corrected chi connectivity index (χ4v) is 1.73. The summed E-state index contributed by atoms with van der Waals surface area (Å²) in [6, 6.07) is 3.94. The van der Waals surface area contributed by atoms with Crippen molar-refractivity contribution < 1.29 is 8.78 Å². The molecule has 0 saturated carbocycles. The van der Waals surface area contributed by atoms with Gasteiger partial charge in [0.05, 0.1) is 6.33 Å². The summed E-state index contributed by atoms with van der Waals surface area (Å²) >= 11 is 0. The SMILES string of the molecule is CC(NCCn1ccnc1)c1ccc(F)c(F)c1. The number of benzene rings is 1. The number of rotatable bonds is 5. The van der Waals surface area contributed by atoms with E-state index in [4.69, 9.17) is 0 Å². The molecule has 2 aromatic rings. The number of imidazole rings is 1. The van der Waals surface area contributed by atoms with Gasteiger partial charge in [0, 0.05) is 31.5 Å². The molecule has 1 atom stereocenters. The van der Waals surface area contributed by atoms with Gasteiger partial charge in [-0.05, 0) is 24.6 Å². The van der Waals surface area contributed by atoms with Crippen LogP contribution in [-0.2, 0) is 6.54 Å². The van der Waals surface area contributed by atoms with Crippen LogP contribution in [0.1, 0.15) is 18.5 Å². The first kappa shape index (κ1) is 12.7. The zero-order chi connectivity index (χ0) is 13.0. The Morgan fingerprint density at radius 1 is 1.33 bits per heavy atom. The molecule has 5 heteroatoms. The second kappa shape index (κ2) is 5.73. The summed E-state index contributed by atoms with van der Waals surface area (Å²) < 4.78 is 27.8. The van der Waals surface area contributed by atoms with Gasteiger partial charge in [-0.1, -0.05) is 6.07 Å². The van der Waals surface area contributed by atoms with Crippen molar-refractivity contribution in [3.63, 3.8) is 0 Å². The lowest BCUT2D eigenvalue weighted by Gasteiger charge is -2.14. The first-order chi connectivity index (χ1) is 8.66. The van der Waals surface area contributed by atoms with Gasteiger partial charge in [0.1, 0.15) is 0 Å². The third-order valence-electron chi connectivity index (χ3n) is 2.82. The van der Waals surface area contributed by atoms with Gasteiger partial charge in [-0.15, -0.1) is 0 Å². The Balaban J connectivity index is 1.87. The van der Waals surface area contributed by atoms with Crippen LogP contribution in [0.2, 0.25) is 0 Å². The number of nitrogens with zero attached hydrogens (tertiary/aromatic N) is 2. The predicted octanol–water partition coefficient (Wildman–Crippen LogP) is 2.51. The monoisotopic (exact) mass is 251 g/mol. The Bertz CT molecular complexity index is 497. The second-order valence-corrected chi connectivity index (χ2v) is 4.15. The van der Waals surface area contributed by atoms with Crippen molar-refractivity contribution in [3.8, 4) is 0 Å². The van der Waals surface area contributed by atoms with Gasteiger partial charge in [0.15, 0.2) is 11.6 Å². The van der Waals surface area contributed by atoms with Gasteiger partial charge < -0.3 is 9.88 Å². The van der Waals surface area contributed by atoms with E-state index in [1.54, 1.807) is 18.6 Å². The Morgan fingerprint density at radius 3 is 2.83 bits per heavy atom. The maximum atomic E-state index is 13.1. The van der Waals surface area contributed by atoms with Gasteiger partial charge in [0.2, 0.25) is 0 Å². The smallest absolute Gasteiger partial charge is 0.159 e. The number of halogens is 2. The Hall–Kier alpha value is -1.75. The van der Waals surface area contributed by atoms with E-state index in [0.717, 1.165) is 24.7 Å². The highest BCUT2D eigenvalue weighted by molar-refractivity contribution is 5.20. The molecule has 18 heavy (non-hydrogen) atoms. The first-order valence-corrected chi connectivity index (χ1v) is 5.81. The molecule has 1 unspecified atom stereocenters. The van der Waals surface area contributed by atoms with Crippen LogP contribution >= 0.6 is 0 Å². The summed E-state index contributed by atoms with van der Waals surface area (Å²) in [5.41, 5.74) is 0.736. The second-order valence-electron chi connectivity index (χ2n) is 4.15. The van der Waals surface area contributed by atoms with Crippen LogP contribution < -0.4 is 5.32 Å². The van der Waals surface area contributed by atoms with E-state index >= 15 is 0 Å². The van der Waals surface area contributed by atoms with Crippen LogP contribution in [0.25, 0.3) is 0 Å². The molecule has 1 aromatic heterocycles. The molecule has 1 heterocycles. The minimum atomic E-state index is -0.815. The third kappa shape index (κ3) is 3.13. The minimum Gasteiger partial charge on any atom is -0.336 e. The highest BCUT2D eigenvalue weighted by atomic mass is 19.2. The molecule has 3 nitrogen and oxygen atoms in total. The van der Waals surface area contributed by atoms with Gasteiger partial charge in [-0.3, -0.25) is 0 Å². The summed E-state index contributed by atoms with van der Waals surface area (Å²) in [6.45, 7) is 3.44. The lowest BCUT2D eigenvalue weighted by atomic mass is 10.1. The summed E-state index contributed by atoms with van der Waals surface area (Å²) in [5.74, 6) is -1.62. The predicted molar refractivity (Wildman–Crippen MR) is 65.0 cm³/mol. The highest BCUT2D eigenvalue weighted by Crippen LogP contribution is 2.15. The van der Waals surface area contributed by atoms with Crippen molar-refractivity contribution in [1.82, 2.24) is 14.9 Å². The molecule has 2 rings (SSSR count). The van der Waals surface area contributed by atoms with E-state index in [9.17, 15) is 8.78 Å². The maximum Gasteiger partial charge on any atom is 0.159 e. The number of hydrogen-bond donors (Lipinski definition) is 1. The lowest BCUT2D eigenvalue weighted by Crippen LogP contribution is -2.23. The van der Waals surface area contributed by atoms with Gasteiger partial charge in [-0.25, -0.2) is 13.8 Å². The van der Waals surface area contributed by atoms with E-state index < -0.39 is 11.6 Å². The molecule has 0 aliphatic rings. The standard InChI is InChI=1S/C13H15F2N3/c1-10(11-2-3-12(14)13(15)8-11)17-5-7-18-6-4-16-9-18/h2-4,6,8-10,17H,5,7H2,1H3. The van der Waals surface area contributed by atoms with Crippen molar-refractivity contribution >= 4 is 0 Å². The molecular formula is C13H15F2N3. The van der Waals surface area contributed by atoms with E-state index in [0.29, 0.717) is 0 Å². The molecule has 0 aliphatic heterocycles. The molecule has 1 N–H and O–H groups in total. The quantitative estimate of drug-likeness (QED) is 0.885. The van der Waals surface area contributed by atoms with Crippen LogP contribution in [0.4, 0.5) is 8.78 Å². The maximum absolute atomic E-state index is 13.1. The van der Waals surface area contributed by atoms with E-state index in [2.05, 4.69) is 10.3 Å². The number of aromatic nitrogens is 2. The summed E-state index contributed by atoms with van der Waals surface area (Å²) in [5, 5.41) is 3.25. The van der Waals surface area contributed by atoms with E-state index in [1.807, 2.05) is 17.7 Å². The van der Waals surface area contributed by atoms with Crippen molar-refractivity contribution in [2.45, 2.75) is 19.5 Å². The largest absolute Gasteiger partial charge is 0.336 e. The zero-order valence-corrected chi connectivity index (χ0v) is 10.1. The van der Waals surface area contributed by atoms with Crippen LogP contribution in [0, 0.1) is 11.6 Å². The zero-order valence-electron chi connectivity index (χ0n) is 10.1. The van der Waals surface area contributed by atoms with Crippen molar-refractivity contribution in [2.75, 3.05) is 6.54 Å². The van der Waals surface area contributed by atoms with Gasteiger partial charge in [0.25, 0.3) is 0 Å². The summed E-state index contributed by atoms with van der Waals surface area (Å²) in [4.78, 5) is 3.94. The topological polar surface area (TPSA) is 29.9 Å². The lowest BCUT2D eigenvalue weighted by molar-refractivity contribution is 0.496. The molecular weight excluding hydrogens is 236 g/mol. The molecule has 0 spiro atoms. The molecule has 1 aromatic carbocycles. The first-order valence-electron chi connectivity index (χ1n) is 5.81. The molecule has 0 amide bonds. The van der Waals surface area contributed by atoms with Crippen molar-refractivity contribution in [1.29, 1.82) is 0 Å². The van der Waals surface area contributed by atoms with E-state index in [1.165, 1.54) is 6.07 Å². The van der Waals surface area contributed by atoms with Gasteiger partial charge >= 0.3 is 0 Å². The Kier molecular flexibility index (Phi) is 4.04. The summed E-state index contributed by atoms with van der Waals surface area (Å²) in [7, 11) is 0. The minimum absolute atomic E-state index is 0.0244. The van der Waals surface area contributed by atoms with Crippen LogP contribution in [0.15, 0.2) is 36.9 Å². The average molecular weight is 251 g/mol. The molecule has 0 radical (unpaired) electrons. The van der Waals surface area contributed by atoms with Crippen molar-refractivity contribution in [2.24, 2.45) is 0 Å². The van der Waals surface area contributed by atoms with Crippen LogP contribution in [0.3, 0.4) is 0 Å². The molecule has 0 saturated heterocycles. The fourth-order valence-electron chi connectivity index (χ4n) is 1.73. The average Bonchev–Trinajstić information content (AvgIpc) is 2.85. The normalized spacial score (nSPS) is 12.6. The van der Waals surface area contributed by atoms with Crippen LogP contribution in [-0.4, -0.2) is 16.1 Å². The Labute approximate surface area is 104 Å². The molecule has 0 bridgehead atoms. The molecule has 0 fully saturated rings. The fraction of sp³-hybridized carbons (Fsp3) is 0.308. The molecule has 0 aliphatic carbocycles. The highest BCUT2D eigenvalue weighted by Gasteiger charge is 2.08. The Morgan fingerprint density at radius 2 is 2.17 bits per heavy atom. The number of hydrogen-bond acceptors (Lipinski definition) is 2. The summed E-state index contributed by atoms with van der Waals surface area (Å²) in [6.07, 6.45) is 5.34. The molecule has 96 valence electrons. The number of nitrogens with one attached hydrogen (secondary N) is 1. The third-order valence-corrected chi connectivity index (χ3v) is 2.82. The van der Waals surface area contributed by atoms with Crippen molar-refractivity contribution in [3.05, 3.63) is 54.1 Å². The van der Waals surface area contributed by atoms with Crippen LogP contribution in [0.5, 0.6) is 0 Å². The van der Waals surface area contributed by atoms with E-state index in [-0.39, 0.29) is 6.04 Å².